The summed E-state index contributed by atoms with van der Waals surface area (Å²) in [5.74, 6) is 3.41. The van der Waals surface area contributed by atoms with E-state index in [9.17, 15) is 13.2 Å². The second-order valence-corrected chi connectivity index (χ2v) is 8.95. The molecule has 1 aliphatic rings. The number of aryl methyl sites for hydroxylation is 2. The molecule has 28 heavy (non-hydrogen) atoms. The standard InChI is InChI=1S/C19H22N4O4S/c1-4-9-23(15-8-10-28(25,26)12-15)19(24)20-16-11-14(7-6-13(16)3)18-21-17(5-2)22-27-18/h1,6-7,11,15H,5,8-10,12H2,2-3H3,(H,20,24). The van der Waals surface area contributed by atoms with Crippen molar-refractivity contribution in [2.45, 2.75) is 32.7 Å². The highest BCUT2D eigenvalue weighted by Crippen LogP contribution is 2.25. The zero-order valence-corrected chi connectivity index (χ0v) is 16.6. The fourth-order valence-electron chi connectivity index (χ4n) is 3.08. The maximum atomic E-state index is 12.8. The predicted molar refractivity (Wildman–Crippen MR) is 105 cm³/mol. The van der Waals surface area contributed by atoms with Gasteiger partial charge in [-0.3, -0.25) is 0 Å². The Morgan fingerprint density at radius 3 is 2.86 bits per heavy atom. The summed E-state index contributed by atoms with van der Waals surface area (Å²) >= 11 is 0. The first-order valence-corrected chi connectivity index (χ1v) is 10.8. The molecule has 0 aliphatic carbocycles. The first kappa shape index (κ1) is 19.9. The van der Waals surface area contributed by atoms with Gasteiger partial charge in [-0.15, -0.1) is 6.42 Å². The van der Waals surface area contributed by atoms with Gasteiger partial charge in [0, 0.05) is 23.7 Å². The molecule has 1 N–H and O–H groups in total. The molecule has 1 saturated heterocycles. The number of sulfone groups is 1. The van der Waals surface area contributed by atoms with E-state index in [4.69, 9.17) is 10.9 Å². The van der Waals surface area contributed by atoms with Gasteiger partial charge in [0.2, 0.25) is 0 Å². The maximum Gasteiger partial charge on any atom is 0.322 e. The van der Waals surface area contributed by atoms with E-state index in [1.54, 1.807) is 6.07 Å². The molecule has 2 amide bonds. The van der Waals surface area contributed by atoms with Gasteiger partial charge >= 0.3 is 6.03 Å². The van der Waals surface area contributed by atoms with E-state index in [0.29, 0.717) is 35.8 Å². The van der Waals surface area contributed by atoms with Gasteiger partial charge in [0.1, 0.15) is 0 Å². The Labute approximate surface area is 164 Å². The van der Waals surface area contributed by atoms with Gasteiger partial charge in [-0.25, -0.2) is 13.2 Å². The number of aromatic nitrogens is 2. The van der Waals surface area contributed by atoms with E-state index in [1.807, 2.05) is 26.0 Å². The summed E-state index contributed by atoms with van der Waals surface area (Å²) in [4.78, 5) is 18.5. The number of carbonyl (C=O) groups excluding carboxylic acids is 1. The van der Waals surface area contributed by atoms with E-state index in [0.717, 1.165) is 5.56 Å². The monoisotopic (exact) mass is 402 g/mol. The molecule has 9 heteroatoms. The Morgan fingerprint density at radius 1 is 1.46 bits per heavy atom. The third kappa shape index (κ3) is 4.34. The number of carbonyl (C=O) groups is 1. The number of amides is 2. The Morgan fingerprint density at radius 2 is 2.25 bits per heavy atom. The lowest BCUT2D eigenvalue weighted by Crippen LogP contribution is -2.44. The van der Waals surface area contributed by atoms with Crippen LogP contribution in [0.2, 0.25) is 0 Å². The molecule has 1 aromatic carbocycles. The molecule has 1 aliphatic heterocycles. The number of benzene rings is 1. The lowest BCUT2D eigenvalue weighted by Gasteiger charge is -2.26. The minimum absolute atomic E-state index is 0.0360. The van der Waals surface area contributed by atoms with E-state index >= 15 is 0 Å². The van der Waals surface area contributed by atoms with Gasteiger partial charge in [-0.1, -0.05) is 24.1 Å². The summed E-state index contributed by atoms with van der Waals surface area (Å²) in [7, 11) is -3.13. The van der Waals surface area contributed by atoms with Gasteiger partial charge in [0.15, 0.2) is 15.7 Å². The number of rotatable bonds is 5. The number of nitrogens with zero attached hydrogens (tertiary/aromatic N) is 3. The molecule has 148 valence electrons. The van der Waals surface area contributed by atoms with Gasteiger partial charge in [0.25, 0.3) is 5.89 Å². The van der Waals surface area contributed by atoms with Crippen LogP contribution in [0.3, 0.4) is 0 Å². The van der Waals surface area contributed by atoms with Crippen molar-refractivity contribution in [3.8, 4) is 23.8 Å². The van der Waals surface area contributed by atoms with E-state index < -0.39 is 21.9 Å². The maximum absolute atomic E-state index is 12.8. The molecule has 8 nitrogen and oxygen atoms in total. The Bertz CT molecular complexity index is 1020. The topological polar surface area (TPSA) is 105 Å². The number of urea groups is 1. The number of hydrogen-bond donors (Lipinski definition) is 1. The van der Waals surface area contributed by atoms with Crippen molar-refractivity contribution in [3.05, 3.63) is 29.6 Å². The number of terminal acetylenes is 1. The van der Waals surface area contributed by atoms with Crippen molar-refractivity contribution in [1.82, 2.24) is 15.0 Å². The highest BCUT2D eigenvalue weighted by atomic mass is 32.2. The number of nitrogens with one attached hydrogen (secondary N) is 1. The predicted octanol–water partition coefficient (Wildman–Crippen LogP) is 2.26. The van der Waals surface area contributed by atoms with Crippen LogP contribution < -0.4 is 5.32 Å². The van der Waals surface area contributed by atoms with Gasteiger partial charge in [0.05, 0.1) is 18.1 Å². The summed E-state index contributed by atoms with van der Waals surface area (Å²) in [6, 6.07) is 4.57. The van der Waals surface area contributed by atoms with Crippen LogP contribution >= 0.6 is 0 Å². The highest BCUT2D eigenvalue weighted by Gasteiger charge is 2.34. The van der Waals surface area contributed by atoms with Crippen molar-refractivity contribution < 1.29 is 17.7 Å². The quantitative estimate of drug-likeness (QED) is 0.769. The molecule has 0 bridgehead atoms. The number of hydrogen-bond acceptors (Lipinski definition) is 6. The largest absolute Gasteiger partial charge is 0.334 e. The van der Waals surface area contributed by atoms with Crippen LogP contribution in [-0.4, -0.2) is 53.6 Å². The second kappa shape index (κ2) is 8.02. The molecule has 0 spiro atoms. The SMILES string of the molecule is C#CCN(C(=O)Nc1cc(-c2nc(CC)no2)ccc1C)C1CCS(=O)(=O)C1. The van der Waals surface area contributed by atoms with Gasteiger partial charge < -0.3 is 14.7 Å². The smallest absolute Gasteiger partial charge is 0.322 e. The Kier molecular flexibility index (Phi) is 5.70. The zero-order valence-electron chi connectivity index (χ0n) is 15.8. The molecule has 1 atom stereocenters. The highest BCUT2D eigenvalue weighted by molar-refractivity contribution is 7.91. The average Bonchev–Trinajstić information content (AvgIpc) is 3.27. The third-order valence-corrected chi connectivity index (χ3v) is 6.43. The third-order valence-electron chi connectivity index (χ3n) is 4.68. The minimum Gasteiger partial charge on any atom is -0.334 e. The number of anilines is 1. The van der Waals surface area contributed by atoms with Crippen LogP contribution in [0.1, 0.15) is 24.7 Å². The first-order valence-electron chi connectivity index (χ1n) is 8.98. The summed E-state index contributed by atoms with van der Waals surface area (Å²) in [5, 5.41) is 6.72. The molecule has 3 rings (SSSR count). The van der Waals surface area contributed by atoms with Crippen molar-refractivity contribution in [1.29, 1.82) is 0 Å². The van der Waals surface area contributed by atoms with Crippen molar-refractivity contribution in [2.75, 3.05) is 23.4 Å². The lowest BCUT2D eigenvalue weighted by molar-refractivity contribution is 0.202. The molecular formula is C19H22N4O4S. The Balaban J connectivity index is 1.82. The summed E-state index contributed by atoms with van der Waals surface area (Å²) in [5.41, 5.74) is 2.09. The Hall–Kier alpha value is -2.86. The van der Waals surface area contributed by atoms with E-state index in [1.165, 1.54) is 4.90 Å². The summed E-state index contributed by atoms with van der Waals surface area (Å²) < 4.78 is 28.8. The second-order valence-electron chi connectivity index (χ2n) is 6.72. The van der Waals surface area contributed by atoms with Crippen LogP contribution in [-0.2, 0) is 16.3 Å². The fraction of sp³-hybridized carbons (Fsp3) is 0.421. The van der Waals surface area contributed by atoms with Crippen LogP contribution in [0.5, 0.6) is 0 Å². The van der Waals surface area contributed by atoms with Crippen LogP contribution in [0.15, 0.2) is 22.7 Å². The molecule has 0 saturated carbocycles. The minimum atomic E-state index is -3.13. The van der Waals surface area contributed by atoms with E-state index in [-0.39, 0.29) is 18.1 Å². The van der Waals surface area contributed by atoms with Crippen molar-refractivity contribution in [2.24, 2.45) is 0 Å². The molecule has 1 fully saturated rings. The summed E-state index contributed by atoms with van der Waals surface area (Å²) in [6.07, 6.45) is 6.44. The van der Waals surface area contributed by atoms with E-state index in [2.05, 4.69) is 21.4 Å². The molecule has 1 aromatic heterocycles. The molecule has 1 unspecified atom stereocenters. The van der Waals surface area contributed by atoms with Gasteiger partial charge in [-0.05, 0) is 31.0 Å². The molecule has 2 aromatic rings. The zero-order chi connectivity index (χ0) is 20.3. The molecule has 0 radical (unpaired) electrons. The first-order chi connectivity index (χ1) is 13.3. The van der Waals surface area contributed by atoms with Crippen LogP contribution in [0, 0.1) is 19.3 Å². The average molecular weight is 402 g/mol. The lowest BCUT2D eigenvalue weighted by atomic mass is 10.1. The van der Waals surface area contributed by atoms with Gasteiger partial charge in [-0.2, -0.15) is 4.98 Å². The fourth-order valence-corrected chi connectivity index (χ4v) is 4.81. The molecule has 2 heterocycles. The van der Waals surface area contributed by atoms with Crippen LogP contribution in [0.4, 0.5) is 10.5 Å². The van der Waals surface area contributed by atoms with Crippen LogP contribution in [0.25, 0.3) is 11.5 Å². The molecular weight excluding hydrogens is 380 g/mol. The van der Waals surface area contributed by atoms with Crippen molar-refractivity contribution in [3.63, 3.8) is 0 Å². The normalized spacial score (nSPS) is 17.8. The summed E-state index contributed by atoms with van der Waals surface area (Å²) in [6.45, 7) is 3.82. The van der Waals surface area contributed by atoms with Crippen molar-refractivity contribution >= 4 is 21.6 Å².